The summed E-state index contributed by atoms with van der Waals surface area (Å²) in [5.74, 6) is -0.619. The quantitative estimate of drug-likeness (QED) is 0.755. The molecule has 1 aromatic rings. The zero-order valence-electron chi connectivity index (χ0n) is 9.11. The van der Waals surface area contributed by atoms with E-state index < -0.39 is 18.1 Å². The number of nitriles is 1. The third-order valence-electron chi connectivity index (χ3n) is 1.98. The van der Waals surface area contributed by atoms with E-state index in [4.69, 9.17) is 5.26 Å². The predicted molar refractivity (Wildman–Crippen MR) is 54.2 cm³/mol. The van der Waals surface area contributed by atoms with Gasteiger partial charge in [-0.1, -0.05) is 0 Å². The Hall–Kier alpha value is -2.03. The van der Waals surface area contributed by atoms with Crippen LogP contribution in [0.3, 0.4) is 0 Å². The van der Waals surface area contributed by atoms with Gasteiger partial charge in [-0.2, -0.15) is 5.26 Å². The number of rotatable bonds is 4. The maximum Gasteiger partial charge on any atom is 0.310 e. The Labute approximate surface area is 96.8 Å². The fraction of sp³-hybridized carbons (Fsp3) is 0.364. The van der Waals surface area contributed by atoms with Gasteiger partial charge >= 0.3 is 5.97 Å². The molecule has 1 heterocycles. The van der Waals surface area contributed by atoms with Crippen molar-refractivity contribution < 1.29 is 18.3 Å². The number of hydrogen-bond acceptors (Lipinski definition) is 4. The first-order chi connectivity index (χ1) is 8.08. The molecule has 0 fully saturated rings. The Kier molecular flexibility index (Phi) is 4.52. The molecule has 1 aromatic heterocycles. The summed E-state index contributed by atoms with van der Waals surface area (Å²) in [5, 5.41) is 8.64. The van der Waals surface area contributed by atoms with E-state index in [2.05, 4.69) is 9.72 Å². The second-order valence-electron chi connectivity index (χ2n) is 3.16. The molecule has 0 amide bonds. The Bertz CT molecular complexity index is 455. The molecule has 90 valence electrons. The fourth-order valence-electron chi connectivity index (χ4n) is 1.29. The van der Waals surface area contributed by atoms with E-state index in [-0.39, 0.29) is 24.2 Å². The smallest absolute Gasteiger partial charge is 0.310 e. The lowest BCUT2D eigenvalue weighted by molar-refractivity contribution is -0.142. The van der Waals surface area contributed by atoms with Gasteiger partial charge in [-0.05, 0) is 18.6 Å². The van der Waals surface area contributed by atoms with Gasteiger partial charge in [0.1, 0.15) is 11.8 Å². The van der Waals surface area contributed by atoms with E-state index in [1.165, 1.54) is 6.07 Å². The van der Waals surface area contributed by atoms with Gasteiger partial charge in [0.15, 0.2) is 0 Å². The summed E-state index contributed by atoms with van der Waals surface area (Å²) < 4.78 is 29.9. The molecule has 0 aromatic carbocycles. The second kappa shape index (κ2) is 5.89. The summed E-state index contributed by atoms with van der Waals surface area (Å²) in [6.07, 6.45) is -2.04. The number of hydrogen-bond donors (Lipinski definition) is 0. The molecule has 0 aliphatic carbocycles. The number of esters is 1. The van der Waals surface area contributed by atoms with E-state index in [9.17, 15) is 13.6 Å². The van der Waals surface area contributed by atoms with Crippen LogP contribution in [0.4, 0.5) is 8.78 Å². The molecular formula is C11H10F2N2O2. The largest absolute Gasteiger partial charge is 0.466 e. The number of pyridine rings is 1. The van der Waals surface area contributed by atoms with E-state index in [0.717, 1.165) is 6.20 Å². The number of alkyl halides is 2. The van der Waals surface area contributed by atoms with Crippen LogP contribution in [0.15, 0.2) is 12.3 Å². The van der Waals surface area contributed by atoms with Crippen molar-refractivity contribution in [1.29, 1.82) is 5.26 Å². The summed E-state index contributed by atoms with van der Waals surface area (Å²) in [6.45, 7) is 1.80. The molecule has 17 heavy (non-hydrogen) atoms. The molecule has 0 radical (unpaired) electrons. The first kappa shape index (κ1) is 13.0. The average Bonchev–Trinajstić information content (AvgIpc) is 2.28. The van der Waals surface area contributed by atoms with Crippen molar-refractivity contribution in [2.24, 2.45) is 0 Å². The monoisotopic (exact) mass is 240 g/mol. The molecule has 0 aliphatic heterocycles. The van der Waals surface area contributed by atoms with Crippen LogP contribution in [0.1, 0.15) is 30.2 Å². The van der Waals surface area contributed by atoms with Crippen molar-refractivity contribution in [2.45, 2.75) is 19.8 Å². The Balaban J connectivity index is 3.02. The topological polar surface area (TPSA) is 63.0 Å². The lowest BCUT2D eigenvalue weighted by Crippen LogP contribution is -2.10. The van der Waals surface area contributed by atoms with Crippen LogP contribution in [-0.2, 0) is 16.0 Å². The summed E-state index contributed by atoms with van der Waals surface area (Å²) in [4.78, 5) is 14.7. The number of ether oxygens (including phenoxy) is 1. The van der Waals surface area contributed by atoms with Crippen LogP contribution in [-0.4, -0.2) is 17.6 Å². The summed E-state index contributed by atoms with van der Waals surface area (Å²) in [7, 11) is 0. The van der Waals surface area contributed by atoms with Crippen LogP contribution in [0.25, 0.3) is 0 Å². The van der Waals surface area contributed by atoms with Gasteiger partial charge in [0, 0.05) is 6.20 Å². The van der Waals surface area contributed by atoms with Gasteiger partial charge in [0.2, 0.25) is 0 Å². The van der Waals surface area contributed by atoms with Crippen molar-refractivity contribution in [3.05, 3.63) is 29.1 Å². The summed E-state index contributed by atoms with van der Waals surface area (Å²) in [6, 6.07) is 3.01. The van der Waals surface area contributed by atoms with Crippen molar-refractivity contribution in [3.63, 3.8) is 0 Å². The first-order valence-electron chi connectivity index (χ1n) is 4.91. The Morgan fingerprint density at radius 3 is 2.88 bits per heavy atom. The van der Waals surface area contributed by atoms with Crippen molar-refractivity contribution >= 4 is 5.97 Å². The molecule has 1 rings (SSSR count). The van der Waals surface area contributed by atoms with E-state index in [1.54, 1.807) is 13.0 Å². The number of nitrogens with zero attached hydrogens (tertiary/aromatic N) is 2. The lowest BCUT2D eigenvalue weighted by atomic mass is 10.1. The maximum absolute atomic E-state index is 12.6. The minimum Gasteiger partial charge on any atom is -0.466 e. The van der Waals surface area contributed by atoms with Gasteiger partial charge in [-0.3, -0.25) is 9.78 Å². The third kappa shape index (κ3) is 3.48. The number of halogens is 2. The molecule has 4 nitrogen and oxygen atoms in total. The SMILES string of the molecule is CCOC(=O)Cc1cc(C#N)cnc1C(F)F. The molecule has 0 spiro atoms. The van der Waals surface area contributed by atoms with Gasteiger partial charge < -0.3 is 4.74 Å². The highest BCUT2D eigenvalue weighted by Gasteiger charge is 2.18. The van der Waals surface area contributed by atoms with Gasteiger partial charge in [-0.15, -0.1) is 0 Å². The average molecular weight is 240 g/mol. The standard InChI is InChI=1S/C11H10F2N2O2/c1-2-17-9(16)4-8-3-7(5-14)6-15-10(8)11(12)13/h3,6,11H,2,4H2,1H3. The highest BCUT2D eigenvalue weighted by molar-refractivity contribution is 5.73. The molecule has 0 saturated heterocycles. The minimum absolute atomic E-state index is 0.0255. The maximum atomic E-state index is 12.6. The Morgan fingerprint density at radius 1 is 1.65 bits per heavy atom. The van der Waals surface area contributed by atoms with Gasteiger partial charge in [0.25, 0.3) is 6.43 Å². The van der Waals surface area contributed by atoms with Crippen molar-refractivity contribution in [3.8, 4) is 6.07 Å². The van der Waals surface area contributed by atoms with Crippen molar-refractivity contribution in [1.82, 2.24) is 4.98 Å². The molecule has 0 saturated carbocycles. The van der Waals surface area contributed by atoms with Crippen LogP contribution in [0.2, 0.25) is 0 Å². The van der Waals surface area contributed by atoms with Crippen molar-refractivity contribution in [2.75, 3.05) is 6.61 Å². The number of aromatic nitrogens is 1. The zero-order valence-corrected chi connectivity index (χ0v) is 9.11. The molecule has 0 bridgehead atoms. The van der Waals surface area contributed by atoms with E-state index in [0.29, 0.717) is 0 Å². The first-order valence-corrected chi connectivity index (χ1v) is 4.91. The number of carbonyl (C=O) groups excluding carboxylic acids is 1. The van der Waals surface area contributed by atoms with Gasteiger partial charge in [-0.25, -0.2) is 8.78 Å². The lowest BCUT2D eigenvalue weighted by Gasteiger charge is -2.07. The minimum atomic E-state index is -2.79. The number of carbonyl (C=O) groups is 1. The molecule has 6 heteroatoms. The normalized spacial score (nSPS) is 10.1. The van der Waals surface area contributed by atoms with Crippen LogP contribution < -0.4 is 0 Å². The Morgan fingerprint density at radius 2 is 2.35 bits per heavy atom. The highest BCUT2D eigenvalue weighted by Crippen LogP contribution is 2.22. The molecule has 0 atom stereocenters. The third-order valence-corrected chi connectivity index (χ3v) is 1.98. The van der Waals surface area contributed by atoms with E-state index in [1.807, 2.05) is 0 Å². The molecule has 0 unspecified atom stereocenters. The van der Waals surface area contributed by atoms with Crippen LogP contribution in [0.5, 0.6) is 0 Å². The van der Waals surface area contributed by atoms with Crippen LogP contribution >= 0.6 is 0 Å². The van der Waals surface area contributed by atoms with Gasteiger partial charge in [0.05, 0.1) is 18.6 Å². The highest BCUT2D eigenvalue weighted by atomic mass is 19.3. The van der Waals surface area contributed by atoms with E-state index >= 15 is 0 Å². The predicted octanol–water partition coefficient (Wildman–Crippen LogP) is 2.00. The zero-order chi connectivity index (χ0) is 12.8. The summed E-state index contributed by atoms with van der Waals surface area (Å²) >= 11 is 0. The molecule has 0 N–H and O–H groups in total. The second-order valence-corrected chi connectivity index (χ2v) is 3.16. The fourth-order valence-corrected chi connectivity index (χ4v) is 1.29. The summed E-state index contributed by atoms with van der Waals surface area (Å²) in [5.41, 5.74) is -0.330. The molecule has 0 aliphatic rings. The van der Waals surface area contributed by atoms with Crippen LogP contribution in [0, 0.1) is 11.3 Å². The molecular weight excluding hydrogens is 230 g/mol.